The molecule has 0 spiro atoms. The summed E-state index contributed by atoms with van der Waals surface area (Å²) in [6.45, 7) is 0. The zero-order valence-corrected chi connectivity index (χ0v) is 22.4. The van der Waals surface area contributed by atoms with Gasteiger partial charge in [-0.15, -0.1) is 11.3 Å². The number of hydrogen-bond donors (Lipinski definition) is 0. The maximum atomic E-state index is 6.26. The molecule has 0 bridgehead atoms. The Labute approximate surface area is 237 Å². The molecule has 6 aromatic carbocycles. The molecule has 3 aromatic heterocycles. The van der Waals surface area contributed by atoms with Crippen LogP contribution in [0.1, 0.15) is 0 Å². The van der Waals surface area contributed by atoms with Crippen molar-refractivity contribution in [1.29, 1.82) is 0 Å². The lowest BCUT2D eigenvalue weighted by molar-refractivity contribution is 0.486. The van der Waals surface area contributed by atoms with Gasteiger partial charge in [0.1, 0.15) is 11.5 Å². The van der Waals surface area contributed by atoms with E-state index in [1.807, 2.05) is 41.7 Å². The van der Waals surface area contributed by atoms with Gasteiger partial charge in [-0.1, -0.05) is 72.8 Å². The van der Waals surface area contributed by atoms with Crippen molar-refractivity contribution in [3.05, 3.63) is 115 Å². The fraction of sp³-hybridized carbons (Fsp3) is 0. The third-order valence-electron chi connectivity index (χ3n) is 8.40. The molecule has 0 radical (unpaired) electrons. The molecule has 4 nitrogen and oxygen atoms in total. The van der Waals surface area contributed by atoms with Gasteiger partial charge >= 0.3 is 0 Å². The molecular formula is C36H19N3OS. The number of para-hydroxylation sites is 2. The van der Waals surface area contributed by atoms with Crippen LogP contribution >= 0.6 is 11.3 Å². The number of thiophene rings is 1. The number of aromatic nitrogens is 3. The zero-order valence-electron chi connectivity index (χ0n) is 21.6. The lowest BCUT2D eigenvalue weighted by Crippen LogP contribution is -2.06. The van der Waals surface area contributed by atoms with Crippen LogP contribution in [0.3, 0.4) is 0 Å². The number of rotatable bonds is 1. The number of benzene rings is 6. The monoisotopic (exact) mass is 541 g/mol. The largest absolute Gasteiger partial charge is 0.456 e. The molecule has 0 amide bonds. The van der Waals surface area contributed by atoms with E-state index in [4.69, 9.17) is 14.7 Å². The van der Waals surface area contributed by atoms with Gasteiger partial charge in [-0.25, -0.2) is 9.97 Å². The van der Waals surface area contributed by atoms with Gasteiger partial charge in [0.2, 0.25) is 5.95 Å². The standard InChI is InChI=1S/C36H19N3OS/c1-4-12-27-20(8-1)22-17-16-21-23(18-19-31-32(21)25-10-3-6-15-30(25)41-31)35(22)39(27)36-37-26-11-7-14-29-33(26)34(38-36)24-9-2-5-13-28(24)40-29/h1-19H. The molecule has 4 heterocycles. The van der Waals surface area contributed by atoms with E-state index in [-0.39, 0.29) is 0 Å². The average molecular weight is 542 g/mol. The molecule has 10 rings (SSSR count). The van der Waals surface area contributed by atoms with Crippen molar-refractivity contribution in [3.8, 4) is 28.7 Å². The molecule has 9 aromatic rings. The molecule has 1 aliphatic heterocycles. The minimum Gasteiger partial charge on any atom is -0.456 e. The predicted molar refractivity (Wildman–Crippen MR) is 170 cm³/mol. The van der Waals surface area contributed by atoms with Crippen LogP contribution in [-0.4, -0.2) is 14.5 Å². The first-order chi connectivity index (χ1) is 20.3. The van der Waals surface area contributed by atoms with Gasteiger partial charge in [0.15, 0.2) is 0 Å². The number of nitrogens with zero attached hydrogens (tertiary/aromatic N) is 3. The average Bonchev–Trinajstić information content (AvgIpc) is 3.57. The van der Waals surface area contributed by atoms with E-state index in [0.29, 0.717) is 5.95 Å². The van der Waals surface area contributed by atoms with Crippen molar-refractivity contribution in [2.24, 2.45) is 0 Å². The van der Waals surface area contributed by atoms with Gasteiger partial charge in [0.05, 0.1) is 27.6 Å². The first-order valence-corrected chi connectivity index (χ1v) is 14.5. The molecule has 0 saturated carbocycles. The van der Waals surface area contributed by atoms with E-state index in [1.54, 1.807) is 0 Å². The Morgan fingerprint density at radius 2 is 1.29 bits per heavy atom. The topological polar surface area (TPSA) is 39.9 Å². The van der Waals surface area contributed by atoms with Crippen LogP contribution in [0.2, 0.25) is 0 Å². The summed E-state index contributed by atoms with van der Waals surface area (Å²) < 4.78 is 11.1. The molecule has 41 heavy (non-hydrogen) atoms. The second-order valence-electron chi connectivity index (χ2n) is 10.6. The summed E-state index contributed by atoms with van der Waals surface area (Å²) in [4.78, 5) is 10.5. The van der Waals surface area contributed by atoms with Crippen LogP contribution in [0.25, 0.3) is 80.9 Å². The van der Waals surface area contributed by atoms with Crippen molar-refractivity contribution in [2.45, 2.75) is 0 Å². The maximum absolute atomic E-state index is 6.26. The summed E-state index contributed by atoms with van der Waals surface area (Å²) in [6, 6.07) is 40.6. The van der Waals surface area contributed by atoms with Crippen LogP contribution in [0.4, 0.5) is 0 Å². The Bertz CT molecular complexity index is 2580. The normalized spacial score (nSPS) is 12.6. The van der Waals surface area contributed by atoms with Crippen LogP contribution in [0.15, 0.2) is 115 Å². The Morgan fingerprint density at radius 3 is 2.27 bits per heavy atom. The van der Waals surface area contributed by atoms with E-state index in [9.17, 15) is 0 Å². The van der Waals surface area contributed by atoms with Gasteiger partial charge in [-0.2, -0.15) is 0 Å². The Balaban J connectivity index is 1.39. The Kier molecular flexibility index (Phi) is 4.04. The van der Waals surface area contributed by atoms with Crippen molar-refractivity contribution in [3.63, 3.8) is 0 Å². The van der Waals surface area contributed by atoms with E-state index in [1.165, 1.54) is 41.7 Å². The van der Waals surface area contributed by atoms with Crippen LogP contribution in [0, 0.1) is 0 Å². The van der Waals surface area contributed by atoms with E-state index in [0.717, 1.165) is 44.7 Å². The first kappa shape index (κ1) is 21.5. The SMILES string of the molecule is c1ccc2c(c1)Oc1cccc3nc(-n4c5ccccc5c5ccc6c(ccc7sc8ccccc8c76)c54)nc-2c13. The van der Waals surface area contributed by atoms with Crippen LogP contribution in [-0.2, 0) is 0 Å². The van der Waals surface area contributed by atoms with Crippen molar-refractivity contribution >= 4 is 75.0 Å². The third-order valence-corrected chi connectivity index (χ3v) is 9.54. The molecule has 0 fully saturated rings. The van der Waals surface area contributed by atoms with Crippen LogP contribution < -0.4 is 4.74 Å². The molecule has 1 aliphatic rings. The maximum Gasteiger partial charge on any atom is 0.235 e. The second kappa shape index (κ2) is 7.68. The molecule has 190 valence electrons. The highest BCUT2D eigenvalue weighted by atomic mass is 32.1. The molecule has 0 unspecified atom stereocenters. The minimum atomic E-state index is 0.662. The number of hydrogen-bond acceptors (Lipinski definition) is 4. The lowest BCUT2D eigenvalue weighted by Gasteiger charge is -2.21. The van der Waals surface area contributed by atoms with Crippen molar-refractivity contribution in [2.75, 3.05) is 0 Å². The highest BCUT2D eigenvalue weighted by molar-refractivity contribution is 7.26. The summed E-state index contributed by atoms with van der Waals surface area (Å²) in [5, 5.41) is 8.40. The van der Waals surface area contributed by atoms with Gasteiger partial charge in [-0.05, 0) is 47.9 Å². The first-order valence-electron chi connectivity index (χ1n) is 13.7. The highest BCUT2D eigenvalue weighted by Gasteiger charge is 2.25. The van der Waals surface area contributed by atoms with Crippen molar-refractivity contribution in [1.82, 2.24) is 14.5 Å². The van der Waals surface area contributed by atoms with Crippen molar-refractivity contribution < 1.29 is 4.74 Å². The summed E-state index contributed by atoms with van der Waals surface area (Å²) in [6.07, 6.45) is 0. The van der Waals surface area contributed by atoms with Crippen LogP contribution in [0.5, 0.6) is 11.5 Å². The highest BCUT2D eigenvalue weighted by Crippen LogP contribution is 2.46. The van der Waals surface area contributed by atoms with E-state index < -0.39 is 0 Å². The smallest absolute Gasteiger partial charge is 0.235 e. The second-order valence-corrected chi connectivity index (χ2v) is 11.7. The fourth-order valence-corrected chi connectivity index (χ4v) is 7.81. The predicted octanol–water partition coefficient (Wildman–Crippen LogP) is 10.0. The number of ether oxygens (including phenoxy) is 1. The lowest BCUT2D eigenvalue weighted by atomic mass is 10.0. The summed E-state index contributed by atoms with van der Waals surface area (Å²) in [5.74, 6) is 2.27. The number of fused-ring (bicyclic) bond motifs is 11. The molecule has 5 heteroatoms. The van der Waals surface area contributed by atoms with Gasteiger partial charge in [0.25, 0.3) is 0 Å². The summed E-state index contributed by atoms with van der Waals surface area (Å²) in [7, 11) is 0. The minimum absolute atomic E-state index is 0.662. The Morgan fingerprint density at radius 1 is 0.537 bits per heavy atom. The summed E-state index contributed by atoms with van der Waals surface area (Å²) in [5.41, 5.74) is 4.98. The third kappa shape index (κ3) is 2.78. The zero-order chi connectivity index (χ0) is 26.7. The molecule has 0 aliphatic carbocycles. The molecule has 0 saturated heterocycles. The van der Waals surface area contributed by atoms with E-state index >= 15 is 0 Å². The Hall–Kier alpha value is -5.26. The molecule has 0 atom stereocenters. The van der Waals surface area contributed by atoms with Gasteiger partial charge in [-0.3, -0.25) is 4.57 Å². The summed E-state index contributed by atoms with van der Waals surface area (Å²) >= 11 is 1.85. The van der Waals surface area contributed by atoms with Gasteiger partial charge < -0.3 is 4.74 Å². The van der Waals surface area contributed by atoms with E-state index in [2.05, 4.69) is 89.5 Å². The quantitative estimate of drug-likeness (QED) is 0.208. The van der Waals surface area contributed by atoms with Gasteiger partial charge in [0, 0.05) is 41.9 Å². The molecular weight excluding hydrogens is 522 g/mol. The molecule has 0 N–H and O–H groups in total. The fourth-order valence-electron chi connectivity index (χ4n) is 6.69.